The molecular formula is C16H21FN2O2. The van der Waals surface area contributed by atoms with E-state index in [0.29, 0.717) is 11.3 Å². The Kier molecular flexibility index (Phi) is 3.85. The highest BCUT2D eigenvalue weighted by Gasteiger charge is 2.45. The standard InChI is InChI=1S/C16H21FN2O2/c1-21-14-5-2-4-13(17)12(14)10-15(20)18-16(6-7-16)11-19-8-3-9-19/h2,4-5H,3,6-11H2,1H3,(H,18,20). The number of likely N-dealkylation sites (tertiary alicyclic amines) is 1. The summed E-state index contributed by atoms with van der Waals surface area (Å²) < 4.78 is 19.0. The molecule has 1 aromatic rings. The molecule has 1 amide bonds. The molecule has 2 aliphatic rings. The lowest BCUT2D eigenvalue weighted by molar-refractivity contribution is -0.121. The average molecular weight is 292 g/mol. The van der Waals surface area contributed by atoms with Crippen LogP contribution in [-0.4, -0.2) is 43.1 Å². The van der Waals surface area contributed by atoms with Crippen LogP contribution in [-0.2, 0) is 11.2 Å². The van der Waals surface area contributed by atoms with E-state index in [9.17, 15) is 9.18 Å². The lowest BCUT2D eigenvalue weighted by Crippen LogP contribution is -2.50. The predicted molar refractivity (Wildman–Crippen MR) is 77.8 cm³/mol. The van der Waals surface area contributed by atoms with E-state index in [1.165, 1.54) is 19.6 Å². The topological polar surface area (TPSA) is 41.6 Å². The van der Waals surface area contributed by atoms with E-state index in [0.717, 1.165) is 32.5 Å². The maximum atomic E-state index is 13.9. The molecule has 0 spiro atoms. The molecule has 1 aromatic carbocycles. The Balaban J connectivity index is 1.61. The highest BCUT2D eigenvalue weighted by molar-refractivity contribution is 5.80. The summed E-state index contributed by atoms with van der Waals surface area (Å²) in [4.78, 5) is 14.6. The summed E-state index contributed by atoms with van der Waals surface area (Å²) in [7, 11) is 1.49. The predicted octanol–water partition coefficient (Wildman–Crippen LogP) is 1.73. The lowest BCUT2D eigenvalue weighted by Gasteiger charge is -2.34. The molecule has 0 bridgehead atoms. The van der Waals surface area contributed by atoms with Crippen LogP contribution in [0.2, 0.25) is 0 Å². The smallest absolute Gasteiger partial charge is 0.225 e. The number of nitrogens with one attached hydrogen (secondary N) is 1. The van der Waals surface area contributed by atoms with Gasteiger partial charge in [0.05, 0.1) is 19.1 Å². The first kappa shape index (κ1) is 14.3. The summed E-state index contributed by atoms with van der Waals surface area (Å²) in [6.07, 6.45) is 3.31. The summed E-state index contributed by atoms with van der Waals surface area (Å²) in [5, 5.41) is 3.09. The Morgan fingerprint density at radius 2 is 2.19 bits per heavy atom. The zero-order chi connectivity index (χ0) is 14.9. The summed E-state index contributed by atoms with van der Waals surface area (Å²) in [6, 6.07) is 4.62. The third kappa shape index (κ3) is 3.18. The van der Waals surface area contributed by atoms with Gasteiger partial charge >= 0.3 is 0 Å². The Morgan fingerprint density at radius 3 is 2.76 bits per heavy atom. The van der Waals surface area contributed by atoms with Crippen molar-refractivity contribution >= 4 is 5.91 Å². The third-order valence-electron chi connectivity index (χ3n) is 4.37. The third-order valence-corrected chi connectivity index (χ3v) is 4.37. The van der Waals surface area contributed by atoms with E-state index >= 15 is 0 Å². The number of rotatable bonds is 6. The Morgan fingerprint density at radius 1 is 1.43 bits per heavy atom. The van der Waals surface area contributed by atoms with Crippen molar-refractivity contribution in [3.8, 4) is 5.75 Å². The second-order valence-corrected chi connectivity index (χ2v) is 6.06. The van der Waals surface area contributed by atoms with Crippen molar-refractivity contribution < 1.29 is 13.9 Å². The molecule has 1 saturated carbocycles. The molecule has 1 saturated heterocycles. The second kappa shape index (κ2) is 5.64. The van der Waals surface area contributed by atoms with Gasteiger partial charge in [0.25, 0.3) is 0 Å². The van der Waals surface area contributed by atoms with E-state index in [1.807, 2.05) is 0 Å². The van der Waals surface area contributed by atoms with Crippen LogP contribution in [0.4, 0.5) is 4.39 Å². The van der Waals surface area contributed by atoms with Gasteiger partial charge in [-0.25, -0.2) is 4.39 Å². The normalized spacial score (nSPS) is 19.7. The maximum Gasteiger partial charge on any atom is 0.225 e. The van der Waals surface area contributed by atoms with Crippen molar-refractivity contribution in [1.29, 1.82) is 0 Å². The SMILES string of the molecule is COc1cccc(F)c1CC(=O)NC1(CN2CCC2)CC1. The van der Waals surface area contributed by atoms with Gasteiger partial charge in [0, 0.05) is 12.1 Å². The molecule has 0 unspecified atom stereocenters. The van der Waals surface area contributed by atoms with Gasteiger partial charge in [-0.3, -0.25) is 4.79 Å². The first-order chi connectivity index (χ1) is 10.1. The van der Waals surface area contributed by atoms with Gasteiger partial charge in [0.15, 0.2) is 0 Å². The quantitative estimate of drug-likeness (QED) is 0.868. The van der Waals surface area contributed by atoms with Crippen LogP contribution in [0.1, 0.15) is 24.8 Å². The van der Waals surface area contributed by atoms with Crippen LogP contribution in [0.3, 0.4) is 0 Å². The van der Waals surface area contributed by atoms with Crippen molar-refractivity contribution in [3.63, 3.8) is 0 Å². The fourth-order valence-corrected chi connectivity index (χ4v) is 2.84. The number of halogens is 1. The van der Waals surface area contributed by atoms with Crippen molar-refractivity contribution in [1.82, 2.24) is 10.2 Å². The van der Waals surface area contributed by atoms with Gasteiger partial charge in [-0.2, -0.15) is 0 Å². The van der Waals surface area contributed by atoms with Crippen LogP contribution in [0, 0.1) is 5.82 Å². The Labute approximate surface area is 124 Å². The number of benzene rings is 1. The molecule has 2 fully saturated rings. The van der Waals surface area contributed by atoms with Crippen molar-refractivity contribution in [3.05, 3.63) is 29.6 Å². The first-order valence-electron chi connectivity index (χ1n) is 7.47. The molecule has 3 rings (SSSR count). The van der Waals surface area contributed by atoms with Gasteiger partial charge in [0.1, 0.15) is 11.6 Å². The number of carbonyl (C=O) groups is 1. The number of hydrogen-bond donors (Lipinski definition) is 1. The molecule has 1 aliphatic heterocycles. The minimum Gasteiger partial charge on any atom is -0.496 e. The lowest BCUT2D eigenvalue weighted by atomic mass is 10.1. The molecule has 21 heavy (non-hydrogen) atoms. The molecule has 1 heterocycles. The summed E-state index contributed by atoms with van der Waals surface area (Å²) >= 11 is 0. The van der Waals surface area contributed by atoms with E-state index in [2.05, 4.69) is 10.2 Å². The summed E-state index contributed by atoms with van der Waals surface area (Å²) in [5.74, 6) is -0.0914. The van der Waals surface area contributed by atoms with Crippen LogP contribution < -0.4 is 10.1 Å². The van der Waals surface area contributed by atoms with Crippen molar-refractivity contribution in [2.45, 2.75) is 31.2 Å². The molecule has 0 radical (unpaired) electrons. The monoisotopic (exact) mass is 292 g/mol. The van der Waals surface area contributed by atoms with E-state index in [4.69, 9.17) is 4.74 Å². The summed E-state index contributed by atoms with van der Waals surface area (Å²) in [6.45, 7) is 3.17. The van der Waals surface area contributed by atoms with E-state index in [1.54, 1.807) is 12.1 Å². The average Bonchev–Trinajstić information content (AvgIpc) is 3.16. The van der Waals surface area contributed by atoms with Crippen LogP contribution in [0.15, 0.2) is 18.2 Å². The van der Waals surface area contributed by atoms with Crippen LogP contribution in [0.25, 0.3) is 0 Å². The Bertz CT molecular complexity index is 539. The fraction of sp³-hybridized carbons (Fsp3) is 0.562. The first-order valence-corrected chi connectivity index (χ1v) is 7.47. The zero-order valence-electron chi connectivity index (χ0n) is 12.3. The highest BCUT2D eigenvalue weighted by atomic mass is 19.1. The molecular weight excluding hydrogens is 271 g/mol. The summed E-state index contributed by atoms with van der Waals surface area (Å²) in [5.41, 5.74) is 0.257. The number of ether oxygens (including phenoxy) is 1. The Hall–Kier alpha value is -1.62. The fourth-order valence-electron chi connectivity index (χ4n) is 2.84. The van der Waals surface area contributed by atoms with Crippen LogP contribution >= 0.6 is 0 Å². The molecule has 1 N–H and O–H groups in total. The number of hydrogen-bond acceptors (Lipinski definition) is 3. The molecule has 1 aliphatic carbocycles. The molecule has 5 heteroatoms. The number of amides is 1. The highest BCUT2D eigenvalue weighted by Crippen LogP contribution is 2.37. The maximum absolute atomic E-state index is 13.9. The van der Waals surface area contributed by atoms with Crippen molar-refractivity contribution in [2.24, 2.45) is 0 Å². The minimum atomic E-state index is -0.392. The van der Waals surface area contributed by atoms with Gasteiger partial charge in [-0.05, 0) is 44.5 Å². The van der Waals surface area contributed by atoms with E-state index < -0.39 is 5.82 Å². The van der Waals surface area contributed by atoms with Gasteiger partial charge in [-0.1, -0.05) is 6.07 Å². The van der Waals surface area contributed by atoms with Gasteiger partial charge in [-0.15, -0.1) is 0 Å². The molecule has 0 aromatic heterocycles. The largest absolute Gasteiger partial charge is 0.496 e. The molecule has 114 valence electrons. The zero-order valence-corrected chi connectivity index (χ0v) is 12.3. The second-order valence-electron chi connectivity index (χ2n) is 6.06. The number of carbonyl (C=O) groups excluding carboxylic acids is 1. The van der Waals surface area contributed by atoms with Crippen LogP contribution in [0.5, 0.6) is 5.75 Å². The molecule has 4 nitrogen and oxygen atoms in total. The number of methoxy groups -OCH3 is 1. The van der Waals surface area contributed by atoms with E-state index in [-0.39, 0.29) is 17.9 Å². The minimum absolute atomic E-state index is 0.0254. The van der Waals surface area contributed by atoms with Gasteiger partial charge < -0.3 is 15.0 Å². The van der Waals surface area contributed by atoms with Crippen molar-refractivity contribution in [2.75, 3.05) is 26.7 Å². The molecule has 0 atom stereocenters. The van der Waals surface area contributed by atoms with Gasteiger partial charge in [0.2, 0.25) is 5.91 Å². The number of nitrogens with zero attached hydrogens (tertiary/aromatic N) is 1.